The van der Waals surface area contributed by atoms with E-state index in [1.165, 1.54) is 12.8 Å². The maximum Gasteiger partial charge on any atom is 0.264 e. The molecule has 1 aromatic carbocycles. The Morgan fingerprint density at radius 1 is 1.18 bits per heavy atom. The minimum atomic E-state index is -0.680. The third-order valence-electron chi connectivity index (χ3n) is 9.37. The Hall–Kier alpha value is -2.91. The first-order valence-electron chi connectivity index (χ1n) is 12.0. The molecule has 2 bridgehead atoms. The predicted molar refractivity (Wildman–Crippen MR) is 127 cm³/mol. The van der Waals surface area contributed by atoms with Crippen molar-refractivity contribution in [3.63, 3.8) is 0 Å². The van der Waals surface area contributed by atoms with Crippen molar-refractivity contribution in [2.24, 2.45) is 10.8 Å². The molecule has 33 heavy (non-hydrogen) atoms. The van der Waals surface area contributed by atoms with Crippen molar-refractivity contribution in [2.75, 3.05) is 11.4 Å². The number of aromatic nitrogens is 3. The van der Waals surface area contributed by atoms with Crippen LogP contribution in [-0.2, 0) is 5.54 Å². The van der Waals surface area contributed by atoms with Crippen molar-refractivity contribution in [1.29, 1.82) is 0 Å². The number of pyridine rings is 1. The normalized spacial score (nSPS) is 31.0. The summed E-state index contributed by atoms with van der Waals surface area (Å²) < 4.78 is 2.00. The number of rotatable bonds is 4. The van der Waals surface area contributed by atoms with E-state index in [0.29, 0.717) is 6.04 Å². The number of hydrogen-bond acceptors (Lipinski definition) is 4. The van der Waals surface area contributed by atoms with Crippen LogP contribution in [0.3, 0.4) is 0 Å². The van der Waals surface area contributed by atoms with Gasteiger partial charge in [-0.05, 0) is 58.6 Å². The van der Waals surface area contributed by atoms with Crippen molar-refractivity contribution in [3.8, 4) is 5.69 Å². The van der Waals surface area contributed by atoms with Gasteiger partial charge in [-0.3, -0.25) is 0 Å². The maximum absolute atomic E-state index is 10.7. The van der Waals surface area contributed by atoms with Gasteiger partial charge in [0.2, 0.25) is 0 Å². The summed E-state index contributed by atoms with van der Waals surface area (Å²) in [5.74, 6) is 0.968. The molecule has 8 rings (SSSR count). The predicted octanol–water partition coefficient (Wildman–Crippen LogP) is 4.77. The molecule has 3 aromatic rings. The van der Waals surface area contributed by atoms with Crippen LogP contribution in [0, 0.1) is 24.3 Å². The Morgan fingerprint density at radius 2 is 1.97 bits per heavy atom. The molecule has 3 saturated carbocycles. The molecular formula is C27H29N5O. The van der Waals surface area contributed by atoms with Crippen LogP contribution in [0.15, 0.2) is 36.5 Å². The first kappa shape index (κ1) is 19.5. The highest BCUT2D eigenvalue weighted by Crippen LogP contribution is 2.79. The molecule has 3 aliphatic carbocycles. The van der Waals surface area contributed by atoms with E-state index < -0.39 is 5.60 Å². The van der Waals surface area contributed by atoms with Crippen LogP contribution in [0.2, 0.25) is 0 Å². The standard InChI is InChI=1S/C27H29N5O/c1-17-9-20(11-23(30-17)31-16-26(24(2,3)33)12-21(31)13-26)32-22-10-19(6-5-18(22)14-29-32)27(28-4)15-25(27)7-8-25/h5-6,9-11,14,21,33H,7-8,12-13,15-16H2,1-3H3/t21?,26?,27-/m0/s1. The number of hydrogen-bond donors (Lipinski definition) is 1. The molecule has 5 fully saturated rings. The second-order valence-electron chi connectivity index (χ2n) is 11.6. The average molecular weight is 440 g/mol. The summed E-state index contributed by atoms with van der Waals surface area (Å²) in [6.45, 7) is 14.7. The van der Waals surface area contributed by atoms with Crippen LogP contribution >= 0.6 is 0 Å². The molecule has 0 amide bonds. The van der Waals surface area contributed by atoms with Crippen molar-refractivity contribution in [2.45, 2.75) is 70.1 Å². The molecule has 0 radical (unpaired) electrons. The number of aliphatic hydroxyl groups is 1. The van der Waals surface area contributed by atoms with Gasteiger partial charge in [-0.25, -0.2) is 16.2 Å². The molecule has 2 aromatic heterocycles. The zero-order valence-corrected chi connectivity index (χ0v) is 19.5. The second-order valence-corrected chi connectivity index (χ2v) is 11.6. The summed E-state index contributed by atoms with van der Waals surface area (Å²) in [5, 5.41) is 16.6. The molecule has 1 N–H and O–H groups in total. The van der Waals surface area contributed by atoms with Gasteiger partial charge in [-0.2, -0.15) is 5.10 Å². The van der Waals surface area contributed by atoms with Gasteiger partial charge in [-0.15, -0.1) is 0 Å². The molecule has 4 heterocycles. The zero-order chi connectivity index (χ0) is 22.8. The third-order valence-corrected chi connectivity index (χ3v) is 9.37. The smallest absolute Gasteiger partial charge is 0.264 e. The van der Waals surface area contributed by atoms with Crippen LogP contribution in [0.25, 0.3) is 21.4 Å². The highest BCUT2D eigenvalue weighted by Gasteiger charge is 2.82. The zero-order valence-electron chi connectivity index (χ0n) is 19.5. The van der Waals surface area contributed by atoms with E-state index in [9.17, 15) is 5.11 Å². The molecule has 0 unspecified atom stereocenters. The van der Waals surface area contributed by atoms with Crippen molar-refractivity contribution in [1.82, 2.24) is 14.8 Å². The number of fused-ring (bicyclic) bond motifs is 2. The molecule has 6 heteroatoms. The maximum atomic E-state index is 10.7. The van der Waals surface area contributed by atoms with Gasteiger partial charge in [0.05, 0.1) is 28.4 Å². The van der Waals surface area contributed by atoms with Crippen LogP contribution in [0.5, 0.6) is 0 Å². The van der Waals surface area contributed by atoms with Crippen LogP contribution < -0.4 is 4.90 Å². The van der Waals surface area contributed by atoms with E-state index in [2.05, 4.69) is 40.1 Å². The Morgan fingerprint density at radius 3 is 2.61 bits per heavy atom. The Kier molecular flexibility index (Phi) is 3.42. The fourth-order valence-corrected chi connectivity index (χ4v) is 6.81. The van der Waals surface area contributed by atoms with Crippen molar-refractivity contribution < 1.29 is 5.11 Å². The molecular weight excluding hydrogens is 410 g/mol. The highest BCUT2D eigenvalue weighted by molar-refractivity contribution is 5.82. The summed E-state index contributed by atoms with van der Waals surface area (Å²) in [4.78, 5) is 11.4. The number of benzene rings is 1. The molecule has 5 aliphatic rings. The molecule has 1 atom stereocenters. The summed E-state index contributed by atoms with van der Waals surface area (Å²) in [6.07, 6.45) is 7.33. The van der Waals surface area contributed by atoms with Gasteiger partial charge in [0.1, 0.15) is 5.82 Å². The summed E-state index contributed by atoms with van der Waals surface area (Å²) in [7, 11) is 0. The van der Waals surface area contributed by atoms with E-state index in [1.54, 1.807) is 0 Å². The van der Waals surface area contributed by atoms with Crippen LogP contribution in [0.1, 0.15) is 57.2 Å². The van der Waals surface area contributed by atoms with Gasteiger partial charge < -0.3 is 14.9 Å². The lowest BCUT2D eigenvalue weighted by Gasteiger charge is -2.45. The van der Waals surface area contributed by atoms with E-state index in [0.717, 1.165) is 59.5 Å². The fourth-order valence-electron chi connectivity index (χ4n) is 6.81. The number of anilines is 1. The Balaban J connectivity index is 1.28. The minimum Gasteiger partial charge on any atom is -0.390 e. The van der Waals surface area contributed by atoms with Gasteiger partial charge >= 0.3 is 0 Å². The van der Waals surface area contributed by atoms with Gasteiger partial charge in [0.25, 0.3) is 5.54 Å². The second kappa shape index (κ2) is 5.77. The van der Waals surface area contributed by atoms with Gasteiger partial charge in [-0.1, -0.05) is 12.1 Å². The van der Waals surface area contributed by atoms with Gasteiger partial charge in [0.15, 0.2) is 0 Å². The summed E-state index contributed by atoms with van der Waals surface area (Å²) in [6, 6.07) is 11.1. The average Bonchev–Trinajstić information content (AvgIpc) is 3.43. The Bertz CT molecular complexity index is 1370. The van der Waals surface area contributed by atoms with E-state index in [1.807, 2.05) is 31.6 Å². The summed E-state index contributed by atoms with van der Waals surface area (Å²) in [5.41, 5.74) is 3.36. The quantitative estimate of drug-likeness (QED) is 0.595. The first-order chi connectivity index (χ1) is 15.7. The van der Waals surface area contributed by atoms with E-state index in [4.69, 9.17) is 16.7 Å². The monoisotopic (exact) mass is 439 g/mol. The first-order valence-corrected chi connectivity index (χ1v) is 12.0. The lowest BCUT2D eigenvalue weighted by atomic mass is 9.61. The summed E-state index contributed by atoms with van der Waals surface area (Å²) >= 11 is 0. The van der Waals surface area contributed by atoms with Crippen LogP contribution in [0.4, 0.5) is 5.82 Å². The lowest BCUT2D eigenvalue weighted by Crippen LogP contribution is -2.50. The molecule has 2 saturated heterocycles. The SMILES string of the molecule is [C-]#[N+][C@]1(c2ccc3cnn(-c4cc(C)nc(N5CC6(C(C)(C)O)CC5C6)c4)c3c2)CC12CC2. The largest absolute Gasteiger partial charge is 0.390 e. The van der Waals surface area contributed by atoms with E-state index in [-0.39, 0.29) is 16.4 Å². The fraction of sp³-hybridized carbons (Fsp3) is 0.519. The molecule has 2 aliphatic heterocycles. The lowest BCUT2D eigenvalue weighted by molar-refractivity contribution is -0.0754. The molecule has 6 nitrogen and oxygen atoms in total. The van der Waals surface area contributed by atoms with Crippen molar-refractivity contribution >= 4 is 16.7 Å². The van der Waals surface area contributed by atoms with Crippen LogP contribution in [-0.4, -0.2) is 38.1 Å². The Labute approximate surface area is 194 Å². The van der Waals surface area contributed by atoms with Crippen molar-refractivity contribution in [3.05, 3.63) is 59.2 Å². The van der Waals surface area contributed by atoms with Gasteiger partial charge in [0, 0.05) is 47.1 Å². The molecule has 1 spiro atoms. The topological polar surface area (TPSA) is 58.5 Å². The number of aryl methyl sites for hydroxylation is 1. The van der Waals surface area contributed by atoms with E-state index >= 15 is 0 Å². The number of nitrogens with zero attached hydrogens (tertiary/aromatic N) is 5. The third kappa shape index (κ3) is 2.41. The minimum absolute atomic E-state index is 0.0341. The highest BCUT2D eigenvalue weighted by atomic mass is 16.3. The molecule has 168 valence electrons.